The Morgan fingerprint density at radius 3 is 2.86 bits per heavy atom. The summed E-state index contributed by atoms with van der Waals surface area (Å²) in [7, 11) is 0. The van der Waals surface area contributed by atoms with Gasteiger partial charge < -0.3 is 19.5 Å². The first-order valence-electron chi connectivity index (χ1n) is 12.7. The number of rotatable bonds is 13. The Morgan fingerprint density at radius 2 is 2.08 bits per heavy atom. The van der Waals surface area contributed by atoms with Crippen LogP contribution in [0.2, 0.25) is 0 Å². The van der Waals surface area contributed by atoms with Crippen LogP contribution in [0.1, 0.15) is 27.6 Å². The van der Waals surface area contributed by atoms with Crippen LogP contribution in [0.3, 0.4) is 0 Å². The molecule has 2 atom stereocenters. The maximum atomic E-state index is 13.6. The van der Waals surface area contributed by atoms with E-state index >= 15 is 0 Å². The number of benzene rings is 2. The molecule has 2 aromatic carbocycles. The fraction of sp³-hybridized carbons (Fsp3) is 0.367. The van der Waals surface area contributed by atoms with Gasteiger partial charge in [0.2, 0.25) is 5.91 Å². The monoisotopic (exact) mass is 520 g/mol. The first kappa shape index (κ1) is 27.1. The van der Waals surface area contributed by atoms with Crippen molar-refractivity contribution in [3.63, 3.8) is 0 Å². The Balaban J connectivity index is 1.36. The molecule has 1 aliphatic rings. The summed E-state index contributed by atoms with van der Waals surface area (Å²) < 4.78 is 11.9. The fourth-order valence-corrected chi connectivity index (χ4v) is 5.59. The largest absolute Gasteiger partial charge is 0.491 e. The lowest BCUT2D eigenvalue weighted by Crippen LogP contribution is -2.48. The number of aliphatic hydroxyl groups excluding tert-OH is 1. The number of fused-ring (bicyclic) bond motifs is 1. The smallest absolute Gasteiger partial charge is 0.237 e. The van der Waals surface area contributed by atoms with Crippen LogP contribution in [0.5, 0.6) is 5.75 Å². The number of thiophene rings is 1. The van der Waals surface area contributed by atoms with Crippen molar-refractivity contribution in [2.24, 2.45) is 0 Å². The van der Waals surface area contributed by atoms with E-state index in [9.17, 15) is 9.90 Å². The number of ether oxygens (including phenoxy) is 2. The molecule has 1 amide bonds. The number of carbonyl (C=O) groups excluding carboxylic acids is 1. The lowest BCUT2D eigenvalue weighted by atomic mass is 10.0. The molecule has 3 aromatic rings. The van der Waals surface area contributed by atoms with Crippen molar-refractivity contribution >= 4 is 17.2 Å². The van der Waals surface area contributed by atoms with Crippen molar-refractivity contribution in [1.82, 2.24) is 9.80 Å². The lowest BCUT2D eigenvalue weighted by Gasteiger charge is -2.37. The van der Waals surface area contributed by atoms with Gasteiger partial charge in [0.05, 0.1) is 31.9 Å². The summed E-state index contributed by atoms with van der Waals surface area (Å²) in [5.41, 5.74) is 3.36. The van der Waals surface area contributed by atoms with Crippen molar-refractivity contribution in [2.75, 3.05) is 39.4 Å². The van der Waals surface area contributed by atoms with E-state index in [1.165, 1.54) is 10.4 Å². The fourth-order valence-electron chi connectivity index (χ4n) is 4.66. The van der Waals surface area contributed by atoms with Gasteiger partial charge in [0.1, 0.15) is 12.4 Å². The molecule has 6 nitrogen and oxygen atoms in total. The summed E-state index contributed by atoms with van der Waals surface area (Å²) in [6.45, 7) is 8.60. The average molecular weight is 521 g/mol. The van der Waals surface area contributed by atoms with E-state index < -0.39 is 6.10 Å². The second kappa shape index (κ2) is 13.5. The Bertz CT molecular complexity index is 1150. The Kier molecular flexibility index (Phi) is 9.91. The first-order chi connectivity index (χ1) is 18.0. The van der Waals surface area contributed by atoms with Gasteiger partial charge >= 0.3 is 0 Å². The topological polar surface area (TPSA) is 62.2 Å². The molecule has 4 rings (SSSR count). The number of nitrogens with zero attached hydrogens (tertiary/aromatic N) is 2. The third-order valence-corrected chi connectivity index (χ3v) is 7.45. The Labute approximate surface area is 223 Å². The molecule has 196 valence electrons. The minimum Gasteiger partial charge on any atom is -0.491 e. The van der Waals surface area contributed by atoms with Gasteiger partial charge in [0.15, 0.2) is 0 Å². The summed E-state index contributed by atoms with van der Waals surface area (Å²) in [6, 6.07) is 19.8. The summed E-state index contributed by atoms with van der Waals surface area (Å²) >= 11 is 1.74. The molecule has 0 fully saturated rings. The van der Waals surface area contributed by atoms with E-state index in [1.807, 2.05) is 71.3 Å². The van der Waals surface area contributed by atoms with Crippen molar-refractivity contribution in [2.45, 2.75) is 32.1 Å². The van der Waals surface area contributed by atoms with Crippen LogP contribution in [0.25, 0.3) is 0 Å². The second-order valence-corrected chi connectivity index (χ2v) is 10.4. The zero-order valence-electron chi connectivity index (χ0n) is 21.4. The van der Waals surface area contributed by atoms with Crippen LogP contribution >= 0.6 is 11.3 Å². The van der Waals surface area contributed by atoms with Gasteiger partial charge in [-0.1, -0.05) is 48.5 Å². The lowest BCUT2D eigenvalue weighted by molar-refractivity contribution is -0.136. The van der Waals surface area contributed by atoms with Crippen molar-refractivity contribution in [3.05, 3.63) is 100 Å². The highest BCUT2D eigenvalue weighted by Gasteiger charge is 2.33. The summed E-state index contributed by atoms with van der Waals surface area (Å²) in [6.07, 6.45) is 1.90. The molecule has 1 N–H and O–H groups in total. The minimum atomic E-state index is -0.707. The third-order valence-electron chi connectivity index (χ3n) is 6.45. The molecule has 1 aromatic heterocycles. The number of hydrogen-bond donors (Lipinski definition) is 1. The van der Waals surface area contributed by atoms with Crippen LogP contribution < -0.4 is 4.74 Å². The number of carbonyl (C=O) groups is 1. The molecule has 2 unspecified atom stereocenters. The van der Waals surface area contributed by atoms with E-state index in [-0.39, 0.29) is 25.1 Å². The number of aliphatic hydroxyl groups is 1. The van der Waals surface area contributed by atoms with Crippen molar-refractivity contribution in [3.8, 4) is 5.75 Å². The van der Waals surface area contributed by atoms with Gasteiger partial charge in [0.25, 0.3) is 0 Å². The zero-order chi connectivity index (χ0) is 26.0. The van der Waals surface area contributed by atoms with Crippen LogP contribution in [-0.4, -0.2) is 66.3 Å². The van der Waals surface area contributed by atoms with Crippen molar-refractivity contribution < 1.29 is 19.4 Å². The van der Waals surface area contributed by atoms with Crippen LogP contribution in [-0.2, 0) is 22.6 Å². The molecule has 0 saturated heterocycles. The van der Waals surface area contributed by atoms with E-state index in [1.54, 1.807) is 17.4 Å². The highest BCUT2D eigenvalue weighted by Crippen LogP contribution is 2.34. The minimum absolute atomic E-state index is 0.0222. The second-order valence-electron chi connectivity index (χ2n) is 9.42. The normalized spacial score (nSPS) is 15.9. The zero-order valence-corrected chi connectivity index (χ0v) is 22.2. The van der Waals surface area contributed by atoms with Gasteiger partial charge in [-0.15, -0.1) is 17.9 Å². The predicted molar refractivity (Wildman–Crippen MR) is 148 cm³/mol. The van der Waals surface area contributed by atoms with Crippen LogP contribution in [0, 0.1) is 6.92 Å². The van der Waals surface area contributed by atoms with Gasteiger partial charge in [-0.05, 0) is 53.6 Å². The molecule has 7 heteroatoms. The molecule has 0 bridgehead atoms. The van der Waals surface area contributed by atoms with Crippen LogP contribution in [0.4, 0.5) is 0 Å². The standard InChI is InChI=1S/C30H36N2O4S/c1-3-14-31(18-25(33)21-35-20-24-9-5-4-6-10-24)19-30(34)32-15-12-29-27(13-16-37-29)28(32)22-36-26-11-7-8-23(2)17-26/h3-11,13,16-17,25,28,33H,1,12,14-15,18-22H2,2H3. The maximum absolute atomic E-state index is 13.6. The quantitative estimate of drug-likeness (QED) is 0.333. The molecule has 37 heavy (non-hydrogen) atoms. The molecule has 0 saturated carbocycles. The van der Waals surface area contributed by atoms with E-state index in [4.69, 9.17) is 9.47 Å². The molecular formula is C30H36N2O4S. The maximum Gasteiger partial charge on any atom is 0.237 e. The SMILES string of the molecule is C=CCN(CC(=O)N1CCc2sccc2C1COc1cccc(C)c1)CC(O)COCc1ccccc1. The van der Waals surface area contributed by atoms with Crippen LogP contribution in [0.15, 0.2) is 78.7 Å². The van der Waals surface area contributed by atoms with Gasteiger partial charge in [-0.2, -0.15) is 0 Å². The third kappa shape index (κ3) is 7.76. The predicted octanol–water partition coefficient (Wildman–Crippen LogP) is 4.63. The molecule has 0 radical (unpaired) electrons. The summed E-state index contributed by atoms with van der Waals surface area (Å²) in [5, 5.41) is 12.7. The summed E-state index contributed by atoms with van der Waals surface area (Å²) in [5.74, 6) is 0.829. The number of aryl methyl sites for hydroxylation is 1. The number of hydrogen-bond acceptors (Lipinski definition) is 6. The first-order valence-corrected chi connectivity index (χ1v) is 13.6. The van der Waals surface area contributed by atoms with Gasteiger partial charge in [-0.3, -0.25) is 9.69 Å². The average Bonchev–Trinajstić information content (AvgIpc) is 3.37. The van der Waals surface area contributed by atoms with E-state index in [0.717, 1.165) is 23.3 Å². The highest BCUT2D eigenvalue weighted by molar-refractivity contribution is 7.10. The molecule has 1 aliphatic heterocycles. The van der Waals surface area contributed by atoms with Gasteiger partial charge in [0, 0.05) is 24.5 Å². The molecule has 0 aliphatic carbocycles. The van der Waals surface area contributed by atoms with Crippen molar-refractivity contribution in [1.29, 1.82) is 0 Å². The summed E-state index contributed by atoms with van der Waals surface area (Å²) in [4.78, 5) is 18.7. The highest BCUT2D eigenvalue weighted by atomic mass is 32.1. The van der Waals surface area contributed by atoms with Gasteiger partial charge in [-0.25, -0.2) is 0 Å². The Morgan fingerprint density at radius 1 is 1.24 bits per heavy atom. The Hall–Kier alpha value is -2.97. The van der Waals surface area contributed by atoms with E-state index in [2.05, 4.69) is 18.0 Å². The van der Waals surface area contributed by atoms with E-state index in [0.29, 0.717) is 32.8 Å². The number of amides is 1. The molecule has 2 heterocycles. The molecular weight excluding hydrogens is 484 g/mol. The molecule has 0 spiro atoms.